The monoisotopic (exact) mass is 211 g/mol. The number of thioether (sulfide) groups is 1. The van der Waals surface area contributed by atoms with Crippen molar-refractivity contribution in [3.8, 4) is 0 Å². The van der Waals surface area contributed by atoms with Crippen LogP contribution in [0.3, 0.4) is 0 Å². The van der Waals surface area contributed by atoms with E-state index >= 15 is 0 Å². The summed E-state index contributed by atoms with van der Waals surface area (Å²) in [5, 5.41) is 1.17. The van der Waals surface area contributed by atoms with Crippen LogP contribution in [-0.2, 0) is 11.3 Å². The Morgan fingerprint density at radius 1 is 1.29 bits per heavy atom. The molecule has 0 radical (unpaired) electrons. The molecule has 0 aliphatic carbocycles. The molecule has 4 nitrogen and oxygen atoms in total. The summed E-state index contributed by atoms with van der Waals surface area (Å²) in [7, 11) is 0. The Kier molecular flexibility index (Phi) is 2.14. The second kappa shape index (κ2) is 3.47. The summed E-state index contributed by atoms with van der Waals surface area (Å²) in [6.45, 7) is 4.78. The Balaban J connectivity index is 1.88. The number of ether oxygens (including phenoxy) is 1. The molecule has 1 fully saturated rings. The number of imidazole rings is 1. The molecule has 0 saturated carbocycles. The molecule has 3 heterocycles. The Morgan fingerprint density at radius 3 is 3.00 bits per heavy atom. The van der Waals surface area contributed by atoms with E-state index in [1.54, 1.807) is 0 Å². The Hall–Kier alpha value is -0.680. The van der Waals surface area contributed by atoms with Gasteiger partial charge in [-0.2, -0.15) is 0 Å². The molecule has 0 unspecified atom stereocenters. The van der Waals surface area contributed by atoms with Gasteiger partial charge in [-0.25, -0.2) is 4.98 Å². The Morgan fingerprint density at radius 2 is 2.14 bits per heavy atom. The Bertz CT molecular complexity index is 333. The predicted molar refractivity (Wildman–Crippen MR) is 56.0 cm³/mol. The average molecular weight is 211 g/mol. The van der Waals surface area contributed by atoms with E-state index in [-0.39, 0.29) is 0 Å². The summed E-state index contributed by atoms with van der Waals surface area (Å²) in [6, 6.07) is 0. The minimum absolute atomic E-state index is 0.841. The molecule has 0 atom stereocenters. The van der Waals surface area contributed by atoms with Crippen LogP contribution in [0.25, 0.3) is 0 Å². The number of morpholine rings is 1. The molecule has 2 aliphatic heterocycles. The highest BCUT2D eigenvalue weighted by atomic mass is 32.2. The summed E-state index contributed by atoms with van der Waals surface area (Å²) >= 11 is 1.85. The van der Waals surface area contributed by atoms with Crippen LogP contribution in [0.2, 0.25) is 0 Å². The molecule has 14 heavy (non-hydrogen) atoms. The van der Waals surface area contributed by atoms with Crippen molar-refractivity contribution in [2.24, 2.45) is 0 Å². The van der Waals surface area contributed by atoms with E-state index in [0.29, 0.717) is 0 Å². The highest BCUT2D eigenvalue weighted by Crippen LogP contribution is 2.30. The molecule has 2 aliphatic rings. The van der Waals surface area contributed by atoms with Gasteiger partial charge in [0.2, 0.25) is 0 Å². The van der Waals surface area contributed by atoms with E-state index in [2.05, 4.69) is 14.5 Å². The normalized spacial score (nSPS) is 21.3. The maximum absolute atomic E-state index is 5.34. The van der Waals surface area contributed by atoms with Crippen LogP contribution in [0, 0.1) is 0 Å². The van der Waals surface area contributed by atoms with Crippen molar-refractivity contribution in [1.29, 1.82) is 0 Å². The van der Waals surface area contributed by atoms with Gasteiger partial charge in [-0.1, -0.05) is 11.8 Å². The van der Waals surface area contributed by atoms with E-state index < -0.39 is 0 Å². The van der Waals surface area contributed by atoms with Gasteiger partial charge < -0.3 is 14.2 Å². The van der Waals surface area contributed by atoms with Gasteiger partial charge >= 0.3 is 0 Å². The molecule has 5 heteroatoms. The standard InChI is InChI=1S/C9H13N3OS/c1-4-13-5-2-11(1)8-7-10-9-12(8)3-6-14-9/h7H,1-6H2. The van der Waals surface area contributed by atoms with Gasteiger partial charge in [-0.3, -0.25) is 0 Å². The third-order valence-corrected chi connectivity index (χ3v) is 3.65. The molecule has 0 N–H and O–H groups in total. The van der Waals surface area contributed by atoms with Crippen LogP contribution >= 0.6 is 11.8 Å². The molecule has 3 rings (SSSR count). The maximum Gasteiger partial charge on any atom is 0.169 e. The van der Waals surface area contributed by atoms with Gasteiger partial charge in [0.05, 0.1) is 19.4 Å². The zero-order valence-corrected chi connectivity index (χ0v) is 8.79. The minimum Gasteiger partial charge on any atom is -0.378 e. The molecular weight excluding hydrogens is 198 g/mol. The fraction of sp³-hybridized carbons (Fsp3) is 0.667. The smallest absolute Gasteiger partial charge is 0.169 e. The lowest BCUT2D eigenvalue weighted by atomic mass is 10.4. The van der Waals surface area contributed by atoms with Crippen molar-refractivity contribution < 1.29 is 4.74 Å². The van der Waals surface area contributed by atoms with Crippen molar-refractivity contribution >= 4 is 17.6 Å². The van der Waals surface area contributed by atoms with Crippen LogP contribution in [0.4, 0.5) is 5.82 Å². The number of hydrogen-bond acceptors (Lipinski definition) is 4. The first kappa shape index (κ1) is 8.61. The summed E-state index contributed by atoms with van der Waals surface area (Å²) in [5.41, 5.74) is 0. The van der Waals surface area contributed by atoms with Crippen LogP contribution in [-0.4, -0.2) is 41.6 Å². The highest BCUT2D eigenvalue weighted by Gasteiger charge is 2.21. The second-order valence-electron chi connectivity index (χ2n) is 3.50. The zero-order chi connectivity index (χ0) is 9.38. The van der Waals surface area contributed by atoms with Gasteiger partial charge in [0.1, 0.15) is 5.82 Å². The SMILES string of the molecule is c1nc2n(c1N1CCOCC1)CCS2. The number of anilines is 1. The number of aromatic nitrogens is 2. The summed E-state index contributed by atoms with van der Waals surface area (Å²) in [6.07, 6.45) is 1.99. The maximum atomic E-state index is 5.34. The lowest BCUT2D eigenvalue weighted by Crippen LogP contribution is -2.37. The molecule has 0 amide bonds. The third-order valence-electron chi connectivity index (χ3n) is 2.68. The zero-order valence-electron chi connectivity index (χ0n) is 7.98. The fourth-order valence-electron chi connectivity index (χ4n) is 1.95. The first-order chi connectivity index (χ1) is 6.95. The first-order valence-corrected chi connectivity index (χ1v) is 5.95. The van der Waals surface area contributed by atoms with Gasteiger partial charge in [0, 0.05) is 25.4 Å². The molecule has 0 aromatic carbocycles. The number of hydrogen-bond donors (Lipinski definition) is 0. The molecule has 1 aromatic rings. The first-order valence-electron chi connectivity index (χ1n) is 4.96. The van der Waals surface area contributed by atoms with Gasteiger partial charge in [0.15, 0.2) is 5.16 Å². The van der Waals surface area contributed by atoms with E-state index in [0.717, 1.165) is 32.8 Å². The van der Waals surface area contributed by atoms with Gasteiger partial charge in [-0.15, -0.1) is 0 Å². The topological polar surface area (TPSA) is 30.3 Å². The lowest BCUT2D eigenvalue weighted by molar-refractivity contribution is 0.122. The summed E-state index contributed by atoms with van der Waals surface area (Å²) in [4.78, 5) is 6.78. The van der Waals surface area contributed by atoms with Crippen LogP contribution in [0.1, 0.15) is 0 Å². The van der Waals surface area contributed by atoms with Gasteiger partial charge in [0.25, 0.3) is 0 Å². The van der Waals surface area contributed by atoms with E-state index in [1.165, 1.54) is 16.7 Å². The highest BCUT2D eigenvalue weighted by molar-refractivity contribution is 7.99. The average Bonchev–Trinajstić information content (AvgIpc) is 2.79. The quantitative estimate of drug-likeness (QED) is 0.688. The van der Waals surface area contributed by atoms with Crippen LogP contribution in [0.15, 0.2) is 11.4 Å². The molecule has 0 bridgehead atoms. The van der Waals surface area contributed by atoms with Crippen molar-refractivity contribution in [2.45, 2.75) is 11.7 Å². The van der Waals surface area contributed by atoms with E-state index in [9.17, 15) is 0 Å². The van der Waals surface area contributed by atoms with Crippen molar-refractivity contribution in [3.63, 3.8) is 0 Å². The molecule has 0 spiro atoms. The third kappa shape index (κ3) is 1.31. The molecule has 76 valence electrons. The van der Waals surface area contributed by atoms with Crippen molar-refractivity contribution in [2.75, 3.05) is 37.0 Å². The summed E-state index contributed by atoms with van der Waals surface area (Å²) < 4.78 is 7.66. The lowest BCUT2D eigenvalue weighted by Gasteiger charge is -2.28. The fourth-order valence-corrected chi connectivity index (χ4v) is 2.87. The molecule has 1 saturated heterocycles. The summed E-state index contributed by atoms with van der Waals surface area (Å²) in [5.74, 6) is 2.44. The second-order valence-corrected chi connectivity index (χ2v) is 4.56. The van der Waals surface area contributed by atoms with Crippen LogP contribution < -0.4 is 4.90 Å². The van der Waals surface area contributed by atoms with Gasteiger partial charge in [-0.05, 0) is 0 Å². The molecule has 1 aromatic heterocycles. The largest absolute Gasteiger partial charge is 0.378 e. The van der Waals surface area contributed by atoms with Crippen molar-refractivity contribution in [3.05, 3.63) is 6.20 Å². The number of nitrogens with zero attached hydrogens (tertiary/aromatic N) is 3. The number of rotatable bonds is 1. The minimum atomic E-state index is 0.841. The predicted octanol–water partition coefficient (Wildman–Crippen LogP) is 0.825. The van der Waals surface area contributed by atoms with Crippen molar-refractivity contribution in [1.82, 2.24) is 9.55 Å². The van der Waals surface area contributed by atoms with E-state index in [1.807, 2.05) is 18.0 Å². The number of fused-ring (bicyclic) bond motifs is 1. The van der Waals surface area contributed by atoms with E-state index in [4.69, 9.17) is 4.74 Å². The Labute approximate surface area is 87.2 Å². The van der Waals surface area contributed by atoms with Crippen LogP contribution in [0.5, 0.6) is 0 Å². The molecular formula is C9H13N3OS.